The van der Waals surface area contributed by atoms with Gasteiger partial charge in [-0.1, -0.05) is 6.92 Å². The van der Waals surface area contributed by atoms with Gasteiger partial charge in [0.2, 0.25) is 0 Å². The molecule has 0 aromatic heterocycles. The van der Waals surface area contributed by atoms with E-state index < -0.39 is 6.10 Å². The number of esters is 1. The van der Waals surface area contributed by atoms with Crippen LogP contribution in [0.3, 0.4) is 0 Å². The summed E-state index contributed by atoms with van der Waals surface area (Å²) in [4.78, 5) is 13.6. The molecule has 0 aromatic carbocycles. The molecule has 0 saturated carbocycles. The summed E-state index contributed by atoms with van der Waals surface area (Å²) in [6.45, 7) is 5.29. The Morgan fingerprint density at radius 3 is 2.74 bits per heavy atom. The molecule has 6 heteroatoms. The fraction of sp³-hybridized carbons (Fsp3) is 0.923. The molecule has 19 heavy (non-hydrogen) atoms. The molecule has 1 saturated heterocycles. The number of β-amino-alcohol motifs (C(OH)–C–C–N with tert-alkyl or cyclic N) is 1. The van der Waals surface area contributed by atoms with Gasteiger partial charge in [-0.2, -0.15) is 0 Å². The number of carbonyl (C=O) groups excluding carboxylic acids is 1. The molecule has 3 atom stereocenters. The SMILES string of the molecule is COCCOCC(O)CN1CC(C)C(C(=O)OC)C1. The number of nitrogens with zero attached hydrogens (tertiary/aromatic N) is 1. The van der Waals surface area contributed by atoms with E-state index in [9.17, 15) is 9.90 Å². The standard InChI is InChI=1S/C13H25NO5/c1-10-6-14(8-12(10)13(16)18-3)7-11(15)9-19-5-4-17-2/h10-12,15H,4-9H2,1-3H3. The second kappa shape index (κ2) is 8.47. The number of rotatable bonds is 8. The van der Waals surface area contributed by atoms with E-state index in [4.69, 9.17) is 14.2 Å². The molecule has 0 aromatic rings. The second-order valence-corrected chi connectivity index (χ2v) is 5.05. The summed E-state index contributed by atoms with van der Waals surface area (Å²) in [6, 6.07) is 0. The molecule has 1 rings (SSSR count). The summed E-state index contributed by atoms with van der Waals surface area (Å²) in [7, 11) is 3.02. The van der Waals surface area contributed by atoms with Crippen molar-refractivity contribution in [1.82, 2.24) is 4.90 Å². The third-order valence-corrected chi connectivity index (χ3v) is 3.40. The molecule has 6 nitrogen and oxygen atoms in total. The number of hydrogen-bond donors (Lipinski definition) is 1. The van der Waals surface area contributed by atoms with Crippen molar-refractivity contribution in [2.75, 3.05) is 53.7 Å². The van der Waals surface area contributed by atoms with Gasteiger partial charge in [-0.3, -0.25) is 9.69 Å². The molecule has 0 amide bonds. The highest BCUT2D eigenvalue weighted by atomic mass is 16.5. The van der Waals surface area contributed by atoms with Crippen LogP contribution < -0.4 is 0 Å². The molecule has 1 heterocycles. The van der Waals surface area contributed by atoms with Crippen LogP contribution in [0.4, 0.5) is 0 Å². The minimum Gasteiger partial charge on any atom is -0.469 e. The molecule has 1 aliphatic rings. The van der Waals surface area contributed by atoms with Gasteiger partial charge in [0.1, 0.15) is 0 Å². The quantitative estimate of drug-likeness (QED) is 0.487. The van der Waals surface area contributed by atoms with Gasteiger partial charge in [0.05, 0.1) is 39.0 Å². The molecule has 0 spiro atoms. The largest absolute Gasteiger partial charge is 0.469 e. The van der Waals surface area contributed by atoms with Crippen molar-refractivity contribution in [2.24, 2.45) is 11.8 Å². The lowest BCUT2D eigenvalue weighted by Crippen LogP contribution is -2.34. The van der Waals surface area contributed by atoms with Gasteiger partial charge in [-0.05, 0) is 5.92 Å². The number of hydrogen-bond acceptors (Lipinski definition) is 6. The van der Waals surface area contributed by atoms with E-state index in [1.165, 1.54) is 7.11 Å². The number of methoxy groups -OCH3 is 2. The Balaban J connectivity index is 2.24. The van der Waals surface area contributed by atoms with E-state index in [2.05, 4.69) is 4.90 Å². The van der Waals surface area contributed by atoms with Crippen LogP contribution in [-0.2, 0) is 19.0 Å². The topological polar surface area (TPSA) is 68.2 Å². The van der Waals surface area contributed by atoms with Crippen LogP contribution in [0.1, 0.15) is 6.92 Å². The van der Waals surface area contributed by atoms with Crippen molar-refractivity contribution in [3.05, 3.63) is 0 Å². The normalized spacial score (nSPS) is 25.5. The molecule has 3 unspecified atom stereocenters. The van der Waals surface area contributed by atoms with E-state index in [1.54, 1.807) is 7.11 Å². The van der Waals surface area contributed by atoms with Crippen molar-refractivity contribution in [3.63, 3.8) is 0 Å². The molecule has 0 aliphatic carbocycles. The number of carbonyl (C=O) groups is 1. The molecule has 1 fully saturated rings. The van der Waals surface area contributed by atoms with E-state index in [0.717, 1.165) is 6.54 Å². The number of likely N-dealkylation sites (tertiary alicyclic amines) is 1. The highest BCUT2D eigenvalue weighted by Crippen LogP contribution is 2.24. The first-order chi connectivity index (χ1) is 9.08. The van der Waals surface area contributed by atoms with Gasteiger partial charge >= 0.3 is 5.97 Å². The third kappa shape index (κ3) is 5.44. The molecule has 112 valence electrons. The summed E-state index contributed by atoms with van der Waals surface area (Å²) in [6.07, 6.45) is -0.541. The summed E-state index contributed by atoms with van der Waals surface area (Å²) < 4.78 is 14.9. The van der Waals surface area contributed by atoms with Crippen molar-refractivity contribution in [1.29, 1.82) is 0 Å². The zero-order valence-corrected chi connectivity index (χ0v) is 12.0. The first-order valence-corrected chi connectivity index (χ1v) is 6.63. The molecule has 1 aliphatic heterocycles. The van der Waals surface area contributed by atoms with Crippen LogP contribution in [0.25, 0.3) is 0 Å². The lowest BCUT2D eigenvalue weighted by atomic mass is 9.99. The van der Waals surface area contributed by atoms with Crippen molar-refractivity contribution >= 4 is 5.97 Å². The molecular weight excluding hydrogens is 250 g/mol. The van der Waals surface area contributed by atoms with Crippen LogP contribution in [0.2, 0.25) is 0 Å². The minimum atomic E-state index is -0.541. The van der Waals surface area contributed by atoms with Gasteiger partial charge < -0.3 is 19.3 Å². The molecule has 0 bridgehead atoms. The fourth-order valence-corrected chi connectivity index (χ4v) is 2.39. The molecule has 1 N–H and O–H groups in total. The first-order valence-electron chi connectivity index (χ1n) is 6.63. The van der Waals surface area contributed by atoms with Crippen LogP contribution in [0.15, 0.2) is 0 Å². The van der Waals surface area contributed by atoms with Gasteiger partial charge in [0.15, 0.2) is 0 Å². The van der Waals surface area contributed by atoms with Crippen molar-refractivity contribution in [3.8, 4) is 0 Å². The van der Waals surface area contributed by atoms with Crippen LogP contribution in [0.5, 0.6) is 0 Å². The van der Waals surface area contributed by atoms with Crippen LogP contribution in [-0.4, -0.2) is 75.8 Å². The van der Waals surface area contributed by atoms with Gasteiger partial charge in [0, 0.05) is 26.7 Å². The highest BCUT2D eigenvalue weighted by Gasteiger charge is 2.35. The Bertz CT molecular complexity index is 274. The third-order valence-electron chi connectivity index (χ3n) is 3.40. The number of aliphatic hydroxyl groups excluding tert-OH is 1. The van der Waals surface area contributed by atoms with E-state index >= 15 is 0 Å². The maximum Gasteiger partial charge on any atom is 0.310 e. The van der Waals surface area contributed by atoms with Crippen molar-refractivity contribution in [2.45, 2.75) is 13.0 Å². The van der Waals surface area contributed by atoms with E-state index in [1.807, 2.05) is 6.92 Å². The Morgan fingerprint density at radius 1 is 1.37 bits per heavy atom. The smallest absolute Gasteiger partial charge is 0.310 e. The summed E-state index contributed by atoms with van der Waals surface area (Å²) >= 11 is 0. The molecular formula is C13H25NO5. The van der Waals surface area contributed by atoms with Gasteiger partial charge in [-0.25, -0.2) is 0 Å². The second-order valence-electron chi connectivity index (χ2n) is 5.05. The number of aliphatic hydroxyl groups is 1. The van der Waals surface area contributed by atoms with Gasteiger partial charge in [0.25, 0.3) is 0 Å². The Hall–Kier alpha value is -0.690. The maximum atomic E-state index is 11.5. The zero-order chi connectivity index (χ0) is 14.3. The van der Waals surface area contributed by atoms with Crippen LogP contribution >= 0.6 is 0 Å². The summed E-state index contributed by atoms with van der Waals surface area (Å²) in [5, 5.41) is 9.85. The summed E-state index contributed by atoms with van der Waals surface area (Å²) in [5.74, 6) is 0.00139. The average molecular weight is 275 g/mol. The Kier molecular flexibility index (Phi) is 7.30. The van der Waals surface area contributed by atoms with E-state index in [0.29, 0.717) is 26.3 Å². The maximum absolute atomic E-state index is 11.5. The minimum absolute atomic E-state index is 0.0911. The Morgan fingerprint density at radius 2 is 2.11 bits per heavy atom. The van der Waals surface area contributed by atoms with E-state index in [-0.39, 0.29) is 24.4 Å². The monoisotopic (exact) mass is 275 g/mol. The van der Waals surface area contributed by atoms with Crippen molar-refractivity contribution < 1.29 is 24.1 Å². The molecule has 0 radical (unpaired) electrons. The van der Waals surface area contributed by atoms with Crippen LogP contribution in [0, 0.1) is 11.8 Å². The lowest BCUT2D eigenvalue weighted by molar-refractivity contribution is -0.146. The highest BCUT2D eigenvalue weighted by molar-refractivity contribution is 5.73. The predicted molar refractivity (Wildman–Crippen MR) is 69.8 cm³/mol. The van der Waals surface area contributed by atoms with Gasteiger partial charge in [-0.15, -0.1) is 0 Å². The fourth-order valence-electron chi connectivity index (χ4n) is 2.39. The zero-order valence-electron chi connectivity index (χ0n) is 12.0. The Labute approximate surface area is 114 Å². The average Bonchev–Trinajstić information content (AvgIpc) is 2.74. The number of ether oxygens (including phenoxy) is 3. The summed E-state index contributed by atoms with van der Waals surface area (Å²) in [5.41, 5.74) is 0. The lowest BCUT2D eigenvalue weighted by Gasteiger charge is -2.19. The predicted octanol–water partition coefficient (Wildman–Crippen LogP) is -0.249. The first kappa shape index (κ1) is 16.4.